The van der Waals surface area contributed by atoms with Gasteiger partial charge >= 0.3 is 24.1 Å². The lowest BCUT2D eigenvalue weighted by molar-refractivity contribution is -0.153. The van der Waals surface area contributed by atoms with Gasteiger partial charge in [-0.3, -0.25) is 9.80 Å². The Kier molecular flexibility index (Phi) is 13.6. The van der Waals surface area contributed by atoms with Gasteiger partial charge in [0, 0.05) is 25.2 Å². The number of para-hydroxylation sites is 2. The number of esters is 2. The van der Waals surface area contributed by atoms with Crippen molar-refractivity contribution in [3.8, 4) is 23.6 Å². The van der Waals surface area contributed by atoms with E-state index in [0.717, 1.165) is 9.80 Å². The number of nitriles is 2. The second kappa shape index (κ2) is 18.0. The first-order valence-electron chi connectivity index (χ1n) is 15.4. The van der Waals surface area contributed by atoms with E-state index < -0.39 is 35.2 Å². The first-order valence-corrected chi connectivity index (χ1v) is 15.4. The predicted octanol–water partition coefficient (Wildman–Crippen LogP) is 6.20. The average molecular weight is 677 g/mol. The van der Waals surface area contributed by atoms with Crippen LogP contribution in [-0.2, 0) is 30.1 Å². The summed E-state index contributed by atoms with van der Waals surface area (Å²) in [5.74, 6) is -1.06. The summed E-state index contributed by atoms with van der Waals surface area (Å²) in [6, 6.07) is 37.3. The van der Waals surface area contributed by atoms with Crippen LogP contribution in [0.2, 0.25) is 0 Å². The van der Waals surface area contributed by atoms with E-state index >= 15 is 0 Å². The number of benzene rings is 4. The first kappa shape index (κ1) is 37.8. The molecule has 0 aliphatic rings. The third kappa shape index (κ3) is 8.43. The highest BCUT2D eigenvalue weighted by atomic mass is 16.6. The largest absolute Gasteiger partial charge is 0.463 e. The van der Waals surface area contributed by atoms with E-state index in [0.29, 0.717) is 22.6 Å². The van der Waals surface area contributed by atoms with Crippen molar-refractivity contribution < 1.29 is 38.1 Å². The Morgan fingerprint density at radius 2 is 0.820 bits per heavy atom. The molecule has 0 saturated heterocycles. The van der Waals surface area contributed by atoms with Gasteiger partial charge in [-0.2, -0.15) is 10.5 Å². The van der Waals surface area contributed by atoms with Crippen LogP contribution in [0, 0.1) is 22.7 Å². The Morgan fingerprint density at radius 3 is 1.08 bits per heavy atom. The minimum atomic E-state index is -1.94. The van der Waals surface area contributed by atoms with Crippen LogP contribution in [0.25, 0.3) is 0 Å². The number of hydrogen-bond acceptors (Lipinski definition) is 10. The summed E-state index contributed by atoms with van der Waals surface area (Å²) < 4.78 is 20.7. The summed E-state index contributed by atoms with van der Waals surface area (Å²) in [6.45, 7) is 3.42. The number of likely N-dealkylation sites (N-methyl/N-ethyl adjacent to an activating group) is 2. The molecule has 0 aromatic heterocycles. The summed E-state index contributed by atoms with van der Waals surface area (Å²) in [4.78, 5) is 52.2. The summed E-state index contributed by atoms with van der Waals surface area (Å²) in [5, 5.41) is 19.6. The molecule has 0 spiro atoms. The van der Waals surface area contributed by atoms with E-state index in [1.54, 1.807) is 135 Å². The molecule has 0 N–H and O–H groups in total. The third-order valence-corrected chi connectivity index (χ3v) is 7.30. The lowest BCUT2D eigenvalue weighted by Crippen LogP contribution is -2.53. The van der Waals surface area contributed by atoms with Crippen LogP contribution in [0.15, 0.2) is 121 Å². The van der Waals surface area contributed by atoms with Crippen LogP contribution < -0.4 is 9.47 Å². The molecule has 0 saturated carbocycles. The van der Waals surface area contributed by atoms with Gasteiger partial charge in [0.15, 0.2) is 0 Å². The first-order chi connectivity index (χ1) is 24.1. The van der Waals surface area contributed by atoms with Gasteiger partial charge in [-0.15, -0.1) is 0 Å². The summed E-state index contributed by atoms with van der Waals surface area (Å²) in [6.07, 6.45) is -1.69. The molecule has 0 aliphatic carbocycles. The minimum absolute atomic E-state index is 0.0800. The Hall–Kier alpha value is -6.66. The van der Waals surface area contributed by atoms with Crippen molar-refractivity contribution >= 4 is 24.1 Å². The smallest absolute Gasteiger partial charge is 0.417 e. The van der Waals surface area contributed by atoms with Crippen molar-refractivity contribution in [1.29, 1.82) is 10.5 Å². The number of carbonyl (C=O) groups is 4. The third-order valence-electron chi connectivity index (χ3n) is 7.30. The molecule has 0 heterocycles. The van der Waals surface area contributed by atoms with Gasteiger partial charge in [0.2, 0.25) is 0 Å². The molecule has 0 bridgehead atoms. The number of ether oxygens (including phenoxy) is 4. The molecule has 0 unspecified atom stereocenters. The number of amides is 2. The van der Waals surface area contributed by atoms with Gasteiger partial charge in [-0.25, -0.2) is 19.2 Å². The Morgan fingerprint density at radius 1 is 0.540 bits per heavy atom. The monoisotopic (exact) mass is 676 g/mol. The fourth-order valence-electron chi connectivity index (χ4n) is 4.69. The van der Waals surface area contributed by atoms with E-state index in [1.165, 1.54) is 14.1 Å². The van der Waals surface area contributed by atoms with Gasteiger partial charge in [-0.05, 0) is 38.1 Å². The average Bonchev–Trinajstić information content (AvgIpc) is 3.15. The minimum Gasteiger partial charge on any atom is -0.463 e. The molecular formula is C38H36N4O8. The Balaban J connectivity index is 0.000000270. The molecule has 12 nitrogen and oxygen atoms in total. The maximum atomic E-state index is 12.6. The van der Waals surface area contributed by atoms with Crippen molar-refractivity contribution in [2.24, 2.45) is 0 Å². The number of nitrogens with zero attached hydrogens (tertiary/aromatic N) is 4. The SMILES string of the molecule is CCOC(=O)[C@](C#N)(c1ccccc1)N(C)C(=O)Oc1ccccc1.CCOC(=O)[C@](C#N)(c1ccccc1)N(C)C(=O)Oc1ccccc1. The van der Waals surface area contributed by atoms with Crippen molar-refractivity contribution in [3.05, 3.63) is 132 Å². The summed E-state index contributed by atoms with van der Waals surface area (Å²) in [5.41, 5.74) is -3.24. The fraction of sp³-hybridized carbons (Fsp3) is 0.211. The van der Waals surface area contributed by atoms with Crippen LogP contribution in [0.5, 0.6) is 11.5 Å². The molecule has 0 fully saturated rings. The van der Waals surface area contributed by atoms with E-state index in [9.17, 15) is 29.7 Å². The van der Waals surface area contributed by atoms with E-state index in [1.807, 2.05) is 12.1 Å². The number of rotatable bonds is 10. The van der Waals surface area contributed by atoms with E-state index in [-0.39, 0.29) is 13.2 Å². The zero-order valence-electron chi connectivity index (χ0n) is 28.0. The fourth-order valence-corrected chi connectivity index (χ4v) is 4.69. The van der Waals surface area contributed by atoms with Gasteiger partial charge in [0.25, 0.3) is 11.1 Å². The number of hydrogen-bond donors (Lipinski definition) is 0. The Labute approximate surface area is 290 Å². The summed E-state index contributed by atoms with van der Waals surface area (Å²) >= 11 is 0. The van der Waals surface area contributed by atoms with Crippen LogP contribution in [0.1, 0.15) is 25.0 Å². The lowest BCUT2D eigenvalue weighted by atomic mass is 9.90. The topological polar surface area (TPSA) is 159 Å². The van der Waals surface area contributed by atoms with Gasteiger partial charge in [-0.1, -0.05) is 97.1 Å². The molecule has 4 aromatic rings. The summed E-state index contributed by atoms with van der Waals surface area (Å²) in [7, 11) is 2.66. The molecule has 2 amide bonds. The molecule has 50 heavy (non-hydrogen) atoms. The molecule has 4 rings (SSSR count). The maximum absolute atomic E-state index is 12.6. The van der Waals surface area contributed by atoms with Crippen LogP contribution >= 0.6 is 0 Å². The second-order valence-electron chi connectivity index (χ2n) is 10.3. The van der Waals surface area contributed by atoms with Gasteiger partial charge < -0.3 is 18.9 Å². The normalized spacial score (nSPS) is 12.4. The van der Waals surface area contributed by atoms with Gasteiger partial charge in [0.1, 0.15) is 23.6 Å². The highest BCUT2D eigenvalue weighted by Gasteiger charge is 2.50. The molecule has 0 aliphatic heterocycles. The van der Waals surface area contributed by atoms with Crippen molar-refractivity contribution in [3.63, 3.8) is 0 Å². The Bertz CT molecular complexity index is 1680. The highest BCUT2D eigenvalue weighted by Crippen LogP contribution is 2.31. The molecular weight excluding hydrogens is 640 g/mol. The molecule has 256 valence electrons. The molecule has 0 radical (unpaired) electrons. The van der Waals surface area contributed by atoms with Crippen LogP contribution in [-0.4, -0.2) is 61.2 Å². The van der Waals surface area contributed by atoms with Crippen molar-refractivity contribution in [2.45, 2.75) is 24.9 Å². The van der Waals surface area contributed by atoms with Crippen molar-refractivity contribution in [1.82, 2.24) is 9.80 Å². The zero-order valence-corrected chi connectivity index (χ0v) is 28.0. The van der Waals surface area contributed by atoms with E-state index in [2.05, 4.69) is 0 Å². The van der Waals surface area contributed by atoms with Crippen molar-refractivity contribution in [2.75, 3.05) is 27.3 Å². The lowest BCUT2D eigenvalue weighted by Gasteiger charge is -2.33. The molecule has 2 atom stereocenters. The van der Waals surface area contributed by atoms with Crippen LogP contribution in [0.3, 0.4) is 0 Å². The molecule has 12 heteroatoms. The van der Waals surface area contributed by atoms with E-state index in [4.69, 9.17) is 18.9 Å². The van der Waals surface area contributed by atoms with Crippen LogP contribution in [0.4, 0.5) is 9.59 Å². The maximum Gasteiger partial charge on any atom is 0.417 e. The predicted molar refractivity (Wildman–Crippen MR) is 181 cm³/mol. The number of carbonyl (C=O) groups excluding carboxylic acids is 4. The quantitative estimate of drug-likeness (QED) is 0.177. The van der Waals surface area contributed by atoms with Gasteiger partial charge in [0.05, 0.1) is 13.2 Å². The highest BCUT2D eigenvalue weighted by molar-refractivity contribution is 5.91. The second-order valence-corrected chi connectivity index (χ2v) is 10.3. The molecule has 4 aromatic carbocycles. The zero-order chi connectivity index (χ0) is 36.6. The standard InChI is InChI=1S/2C19H18N2O4/c2*1-3-24-17(22)19(14-20,15-10-6-4-7-11-15)21(2)18(23)25-16-12-8-5-9-13-16/h2*4-13H,3H2,1-2H3/t2*19-/m00/s1.